The molecule has 0 radical (unpaired) electrons. The highest BCUT2D eigenvalue weighted by atomic mass is 31.0. The van der Waals surface area contributed by atoms with Gasteiger partial charge in [0.25, 0.3) is 0 Å². The van der Waals surface area contributed by atoms with E-state index in [-0.39, 0.29) is 0 Å². The van der Waals surface area contributed by atoms with Crippen molar-refractivity contribution in [1.82, 2.24) is 25.3 Å². The molecular weight excluding hydrogens is 415 g/mol. The summed E-state index contributed by atoms with van der Waals surface area (Å²) in [6, 6.07) is 8.14. The Morgan fingerprint density at radius 1 is 1.16 bits per heavy atom. The van der Waals surface area contributed by atoms with Crippen molar-refractivity contribution in [3.05, 3.63) is 77.5 Å². The van der Waals surface area contributed by atoms with Crippen molar-refractivity contribution in [3.63, 3.8) is 0 Å². The molecule has 32 heavy (non-hydrogen) atoms. The summed E-state index contributed by atoms with van der Waals surface area (Å²) in [4.78, 5) is 17.1. The van der Waals surface area contributed by atoms with Gasteiger partial charge in [-0.05, 0) is 60.3 Å². The van der Waals surface area contributed by atoms with Crippen LogP contribution in [0.5, 0.6) is 0 Å². The number of aromatic nitrogens is 4. The van der Waals surface area contributed by atoms with E-state index >= 15 is 0 Å². The SMILES string of the molecule is C=C(NCc1ncc[nH]1)c1ccc(-c2nc3ccc(P)c(C=N)c3c3c2CCCC3)nc1. The van der Waals surface area contributed by atoms with E-state index in [4.69, 9.17) is 15.4 Å². The molecule has 3 heterocycles. The Hall–Kier alpha value is -3.37. The smallest absolute Gasteiger partial charge is 0.125 e. The fourth-order valence-corrected chi connectivity index (χ4v) is 4.76. The first-order valence-electron chi connectivity index (χ1n) is 10.8. The summed E-state index contributed by atoms with van der Waals surface area (Å²) < 4.78 is 0. The number of fused-ring (bicyclic) bond motifs is 3. The van der Waals surface area contributed by atoms with Crippen LogP contribution in [0, 0.1) is 5.41 Å². The molecule has 1 unspecified atom stereocenters. The van der Waals surface area contributed by atoms with Gasteiger partial charge in [-0.25, -0.2) is 9.97 Å². The van der Waals surface area contributed by atoms with Crippen molar-refractivity contribution in [1.29, 1.82) is 5.41 Å². The number of nitrogens with zero attached hydrogens (tertiary/aromatic N) is 3. The highest BCUT2D eigenvalue weighted by Gasteiger charge is 2.22. The predicted octanol–water partition coefficient (Wildman–Crippen LogP) is 4.16. The minimum absolute atomic E-state index is 0.584. The molecule has 5 rings (SSSR count). The zero-order chi connectivity index (χ0) is 22.1. The molecular formula is C25H25N6P. The maximum absolute atomic E-state index is 7.95. The van der Waals surface area contributed by atoms with Gasteiger partial charge in [0.1, 0.15) is 5.82 Å². The van der Waals surface area contributed by atoms with E-state index < -0.39 is 0 Å². The molecule has 0 amide bonds. The Balaban J connectivity index is 1.51. The number of aryl methyl sites for hydroxylation is 1. The van der Waals surface area contributed by atoms with Gasteiger partial charge < -0.3 is 15.7 Å². The van der Waals surface area contributed by atoms with Gasteiger partial charge in [0.05, 0.1) is 23.4 Å². The molecule has 0 spiro atoms. The summed E-state index contributed by atoms with van der Waals surface area (Å²) in [5.74, 6) is 0.862. The molecule has 0 bridgehead atoms. The second-order valence-corrected chi connectivity index (χ2v) is 8.65. The van der Waals surface area contributed by atoms with Gasteiger partial charge in [-0.1, -0.05) is 12.6 Å². The molecule has 1 aliphatic rings. The van der Waals surface area contributed by atoms with Crippen molar-refractivity contribution < 1.29 is 0 Å². The van der Waals surface area contributed by atoms with E-state index in [1.165, 1.54) is 17.3 Å². The molecule has 7 heteroatoms. The number of aromatic amines is 1. The lowest BCUT2D eigenvalue weighted by Gasteiger charge is -2.22. The molecule has 0 fully saturated rings. The van der Waals surface area contributed by atoms with Crippen LogP contribution >= 0.6 is 9.24 Å². The third-order valence-electron chi connectivity index (χ3n) is 6.07. The highest BCUT2D eigenvalue weighted by Crippen LogP contribution is 2.35. The molecule has 1 aliphatic carbocycles. The lowest BCUT2D eigenvalue weighted by molar-refractivity contribution is 0.688. The third kappa shape index (κ3) is 3.71. The van der Waals surface area contributed by atoms with Crippen LogP contribution in [0.4, 0.5) is 0 Å². The minimum atomic E-state index is 0.584. The average Bonchev–Trinajstić information content (AvgIpc) is 3.36. The summed E-state index contributed by atoms with van der Waals surface area (Å²) in [5, 5.41) is 13.4. The zero-order valence-corrected chi connectivity index (χ0v) is 18.9. The largest absolute Gasteiger partial charge is 0.378 e. The van der Waals surface area contributed by atoms with Crippen molar-refractivity contribution in [2.24, 2.45) is 0 Å². The lowest BCUT2D eigenvalue weighted by Crippen LogP contribution is -2.13. The molecule has 6 nitrogen and oxygen atoms in total. The van der Waals surface area contributed by atoms with E-state index in [0.29, 0.717) is 6.54 Å². The number of benzene rings is 1. The third-order valence-corrected chi connectivity index (χ3v) is 6.57. The number of imidazole rings is 1. The predicted molar refractivity (Wildman–Crippen MR) is 133 cm³/mol. The van der Waals surface area contributed by atoms with E-state index in [1.54, 1.807) is 12.4 Å². The Kier molecular flexibility index (Phi) is 5.54. The van der Waals surface area contributed by atoms with E-state index in [0.717, 1.165) is 75.9 Å². The molecule has 3 aromatic heterocycles. The maximum atomic E-state index is 7.95. The summed E-state index contributed by atoms with van der Waals surface area (Å²) in [5.41, 5.74) is 8.06. The van der Waals surface area contributed by atoms with Gasteiger partial charge in [-0.3, -0.25) is 4.98 Å². The van der Waals surface area contributed by atoms with E-state index in [9.17, 15) is 0 Å². The van der Waals surface area contributed by atoms with Gasteiger partial charge in [0.2, 0.25) is 0 Å². The summed E-state index contributed by atoms with van der Waals surface area (Å²) in [6.07, 6.45) is 11.2. The van der Waals surface area contributed by atoms with Crippen molar-refractivity contribution >= 4 is 37.4 Å². The lowest BCUT2D eigenvalue weighted by atomic mass is 9.86. The monoisotopic (exact) mass is 440 g/mol. The summed E-state index contributed by atoms with van der Waals surface area (Å²) in [6.45, 7) is 4.72. The quantitative estimate of drug-likeness (QED) is 0.310. The first kappa shape index (κ1) is 20.5. The molecule has 1 aromatic carbocycles. The van der Waals surface area contributed by atoms with Crippen LogP contribution in [0.1, 0.15) is 40.9 Å². The van der Waals surface area contributed by atoms with Crippen LogP contribution in [0.2, 0.25) is 0 Å². The second kappa shape index (κ2) is 8.64. The van der Waals surface area contributed by atoms with Crippen LogP contribution in [0.15, 0.2) is 49.4 Å². The van der Waals surface area contributed by atoms with Gasteiger partial charge in [0.15, 0.2) is 0 Å². The van der Waals surface area contributed by atoms with Crippen molar-refractivity contribution in [2.75, 3.05) is 0 Å². The fraction of sp³-hybridized carbons (Fsp3) is 0.200. The van der Waals surface area contributed by atoms with Crippen LogP contribution < -0.4 is 10.6 Å². The number of nitrogens with one attached hydrogen (secondary N) is 3. The topological polar surface area (TPSA) is 90.3 Å². The molecule has 0 aliphatic heterocycles. The van der Waals surface area contributed by atoms with E-state index in [2.05, 4.69) is 37.2 Å². The van der Waals surface area contributed by atoms with Gasteiger partial charge >= 0.3 is 0 Å². The number of rotatable bonds is 6. The first-order chi connectivity index (χ1) is 15.7. The first-order valence-corrected chi connectivity index (χ1v) is 11.4. The normalized spacial score (nSPS) is 13.0. The second-order valence-electron chi connectivity index (χ2n) is 8.03. The van der Waals surface area contributed by atoms with Crippen LogP contribution in [0.3, 0.4) is 0 Å². The standard InChI is InChI=1S/C25H25N6P/c1-15(29-14-23-27-10-11-28-23)16-6-7-21(30-13-16)25-18-5-3-2-4-17(18)24-19(12-26)22(32)9-8-20(24)31-25/h6-13,26,29H,1-5,14,32H2,(H,27,28). The Bertz CT molecular complexity index is 1310. The molecule has 3 N–H and O–H groups in total. The van der Waals surface area contributed by atoms with Crippen molar-refractivity contribution in [3.8, 4) is 11.4 Å². The Morgan fingerprint density at radius 3 is 2.72 bits per heavy atom. The average molecular weight is 440 g/mol. The number of hydrogen-bond donors (Lipinski definition) is 3. The molecule has 1 atom stereocenters. The van der Waals surface area contributed by atoms with Crippen molar-refractivity contribution in [2.45, 2.75) is 32.2 Å². The minimum Gasteiger partial charge on any atom is -0.378 e. The molecule has 0 saturated heterocycles. The Morgan fingerprint density at radius 2 is 2.00 bits per heavy atom. The molecule has 4 aromatic rings. The number of pyridine rings is 2. The zero-order valence-electron chi connectivity index (χ0n) is 17.8. The fourth-order valence-electron chi connectivity index (χ4n) is 4.43. The van der Waals surface area contributed by atoms with Gasteiger partial charge in [0, 0.05) is 47.0 Å². The number of H-pyrrole nitrogens is 1. The highest BCUT2D eigenvalue weighted by molar-refractivity contribution is 7.27. The molecule has 160 valence electrons. The molecule has 0 saturated carbocycles. The van der Waals surface area contributed by atoms with Gasteiger partial charge in [-0.15, -0.1) is 9.24 Å². The van der Waals surface area contributed by atoms with E-state index in [1.807, 2.05) is 24.4 Å². The maximum Gasteiger partial charge on any atom is 0.125 e. The van der Waals surface area contributed by atoms with Crippen LogP contribution in [0.25, 0.3) is 28.0 Å². The number of hydrogen-bond acceptors (Lipinski definition) is 5. The summed E-state index contributed by atoms with van der Waals surface area (Å²) >= 11 is 0. The van der Waals surface area contributed by atoms with Crippen LogP contribution in [-0.4, -0.2) is 26.2 Å². The van der Waals surface area contributed by atoms with Gasteiger partial charge in [-0.2, -0.15) is 0 Å². The van der Waals surface area contributed by atoms with Crippen LogP contribution in [-0.2, 0) is 19.4 Å². The summed E-state index contributed by atoms with van der Waals surface area (Å²) in [7, 11) is 2.75. The Labute approximate surface area is 189 Å².